The van der Waals surface area contributed by atoms with Crippen LogP contribution in [0.25, 0.3) is 0 Å². The molecule has 2 atom stereocenters. The Kier molecular flexibility index (Phi) is 7.57. The van der Waals surface area contributed by atoms with Crippen LogP contribution in [0.2, 0.25) is 0 Å². The number of aryl methyl sites for hydroxylation is 1. The van der Waals surface area contributed by atoms with E-state index in [4.69, 9.17) is 26.7 Å². The van der Waals surface area contributed by atoms with Gasteiger partial charge in [-0.25, -0.2) is 14.8 Å². The number of carbonyl (C=O) groups excluding carboxylic acids is 1. The van der Waals surface area contributed by atoms with Gasteiger partial charge in [0.1, 0.15) is 18.0 Å². The number of hydrogen-bond donors (Lipinski definition) is 2. The highest BCUT2D eigenvalue weighted by Crippen LogP contribution is 2.25. The summed E-state index contributed by atoms with van der Waals surface area (Å²) in [5, 5.41) is 7.69. The van der Waals surface area contributed by atoms with Crippen molar-refractivity contribution >= 4 is 45.6 Å². The number of thiocarbonyl (C=S) groups is 1. The molecule has 0 aromatic carbocycles. The molecule has 8 nitrogen and oxygen atoms in total. The van der Waals surface area contributed by atoms with Crippen LogP contribution in [-0.4, -0.2) is 58.8 Å². The number of hydrogen-bond acceptors (Lipinski definition) is 8. The second kappa shape index (κ2) is 10.1. The van der Waals surface area contributed by atoms with Gasteiger partial charge in [-0.05, 0) is 37.2 Å². The summed E-state index contributed by atoms with van der Waals surface area (Å²) in [6, 6.07) is 5.29. The van der Waals surface area contributed by atoms with Crippen molar-refractivity contribution in [3.8, 4) is 0 Å². The molecule has 2 aromatic heterocycles. The van der Waals surface area contributed by atoms with Gasteiger partial charge in [0.05, 0.1) is 26.0 Å². The van der Waals surface area contributed by atoms with E-state index in [0.29, 0.717) is 30.6 Å². The van der Waals surface area contributed by atoms with Crippen LogP contribution in [0.5, 0.6) is 0 Å². The first-order valence-corrected chi connectivity index (χ1v) is 11.0. The van der Waals surface area contributed by atoms with Gasteiger partial charge in [-0.2, -0.15) is 0 Å². The lowest BCUT2D eigenvalue weighted by molar-refractivity contribution is -0.143. The average molecular weight is 450 g/mol. The fourth-order valence-electron chi connectivity index (χ4n) is 3.08. The Morgan fingerprint density at radius 3 is 2.90 bits per heavy atom. The summed E-state index contributed by atoms with van der Waals surface area (Å²) in [4.78, 5) is 24.2. The molecule has 0 radical (unpaired) electrons. The summed E-state index contributed by atoms with van der Waals surface area (Å²) >= 11 is 7.14. The number of ether oxygens (including phenoxy) is 2. The second-order valence-corrected chi connectivity index (χ2v) is 8.97. The second-order valence-electron chi connectivity index (χ2n) is 7.35. The van der Waals surface area contributed by atoms with Crippen molar-refractivity contribution < 1.29 is 14.3 Å². The molecule has 0 saturated carbocycles. The highest BCUT2D eigenvalue weighted by atomic mass is 32.1. The minimum Gasteiger partial charge on any atom is -0.467 e. The maximum Gasteiger partial charge on any atom is 0.328 e. The predicted molar refractivity (Wildman–Crippen MR) is 121 cm³/mol. The predicted octanol–water partition coefficient (Wildman–Crippen LogP) is 3.04. The Morgan fingerprint density at radius 1 is 1.43 bits per heavy atom. The van der Waals surface area contributed by atoms with Gasteiger partial charge in [0.25, 0.3) is 0 Å². The Hall–Kier alpha value is -2.30. The van der Waals surface area contributed by atoms with E-state index in [1.807, 2.05) is 50.1 Å². The molecule has 162 valence electrons. The number of esters is 1. The lowest BCUT2D eigenvalue weighted by Gasteiger charge is -2.36. The number of thiazole rings is 1. The molecule has 1 saturated heterocycles. The average Bonchev–Trinajstić information content (AvgIpc) is 3.15. The fraction of sp³-hybridized carbons (Fsp3) is 0.500. The number of pyridine rings is 1. The molecular formula is C20H27N5O3S2. The first-order valence-electron chi connectivity index (χ1n) is 9.78. The van der Waals surface area contributed by atoms with Gasteiger partial charge in [0.15, 0.2) is 10.2 Å². The normalized spacial score (nSPS) is 17.5. The number of nitrogens with one attached hydrogen (secondary N) is 2. The van der Waals surface area contributed by atoms with E-state index >= 15 is 0 Å². The molecule has 3 rings (SSSR count). The summed E-state index contributed by atoms with van der Waals surface area (Å²) in [7, 11) is 1.38. The Morgan fingerprint density at radius 2 is 2.23 bits per heavy atom. The lowest BCUT2D eigenvalue weighted by Crippen LogP contribution is -2.53. The van der Waals surface area contributed by atoms with E-state index in [1.54, 1.807) is 11.3 Å². The zero-order chi connectivity index (χ0) is 21.7. The largest absolute Gasteiger partial charge is 0.467 e. The number of nitrogens with zero attached hydrogens (tertiary/aromatic N) is 3. The highest BCUT2D eigenvalue weighted by Gasteiger charge is 2.29. The van der Waals surface area contributed by atoms with E-state index in [2.05, 4.69) is 15.6 Å². The van der Waals surface area contributed by atoms with Gasteiger partial charge in [-0.15, -0.1) is 11.3 Å². The van der Waals surface area contributed by atoms with Crippen LogP contribution < -0.4 is 10.6 Å². The van der Waals surface area contributed by atoms with Gasteiger partial charge < -0.3 is 25.0 Å². The van der Waals surface area contributed by atoms with E-state index in [9.17, 15) is 4.79 Å². The highest BCUT2D eigenvalue weighted by molar-refractivity contribution is 7.80. The van der Waals surface area contributed by atoms with Crippen LogP contribution in [0, 0.1) is 12.8 Å². The quantitative estimate of drug-likeness (QED) is 0.510. The zero-order valence-corrected chi connectivity index (χ0v) is 19.2. The molecule has 3 heterocycles. The van der Waals surface area contributed by atoms with Crippen molar-refractivity contribution in [2.45, 2.75) is 32.9 Å². The first kappa shape index (κ1) is 22.4. The first-order chi connectivity index (χ1) is 14.4. The summed E-state index contributed by atoms with van der Waals surface area (Å²) in [6.45, 7) is 7.62. The van der Waals surface area contributed by atoms with Crippen LogP contribution in [0.3, 0.4) is 0 Å². The number of rotatable bonds is 6. The topological polar surface area (TPSA) is 88.6 Å². The Balaban J connectivity index is 1.66. The van der Waals surface area contributed by atoms with Crippen molar-refractivity contribution in [3.05, 3.63) is 35.0 Å². The molecule has 2 N–H and O–H groups in total. The molecule has 1 aliphatic rings. The van der Waals surface area contributed by atoms with Crippen molar-refractivity contribution in [2.24, 2.45) is 5.92 Å². The zero-order valence-electron chi connectivity index (χ0n) is 17.5. The molecule has 2 unspecified atom stereocenters. The number of carbonyl (C=O) groups is 1. The summed E-state index contributed by atoms with van der Waals surface area (Å²) in [6.07, 6.45) is 1.60. The smallest absolute Gasteiger partial charge is 0.328 e. The minimum atomic E-state index is -0.490. The van der Waals surface area contributed by atoms with Crippen LogP contribution in [0.4, 0.5) is 10.9 Å². The van der Waals surface area contributed by atoms with Crippen LogP contribution >= 0.6 is 23.6 Å². The maximum absolute atomic E-state index is 12.0. The third-order valence-electron chi connectivity index (χ3n) is 4.71. The number of methoxy groups -OCH3 is 1. The summed E-state index contributed by atoms with van der Waals surface area (Å²) in [5.74, 6) is 0.440. The SMILES string of the molecule is COC(=O)C(NC(=S)N1CCOC(c2cccc(Nc3ncc(C)s3)n2)C1)C(C)C. The van der Waals surface area contributed by atoms with Crippen molar-refractivity contribution in [1.29, 1.82) is 0 Å². The van der Waals surface area contributed by atoms with Crippen LogP contribution in [0.15, 0.2) is 24.4 Å². The van der Waals surface area contributed by atoms with Gasteiger partial charge in [-0.3, -0.25) is 0 Å². The van der Waals surface area contributed by atoms with Crippen molar-refractivity contribution in [3.63, 3.8) is 0 Å². The molecule has 1 fully saturated rings. The molecule has 2 aromatic rings. The van der Waals surface area contributed by atoms with Gasteiger partial charge in [0.2, 0.25) is 0 Å². The fourth-order valence-corrected chi connectivity index (χ4v) is 4.05. The number of morpholine rings is 1. The Bertz CT molecular complexity index is 889. The molecule has 10 heteroatoms. The van der Waals surface area contributed by atoms with E-state index in [0.717, 1.165) is 15.7 Å². The molecule has 30 heavy (non-hydrogen) atoms. The van der Waals surface area contributed by atoms with Crippen molar-refractivity contribution in [2.75, 3.05) is 32.1 Å². The molecule has 0 amide bonds. The molecule has 1 aliphatic heterocycles. The molecule has 0 spiro atoms. The monoisotopic (exact) mass is 449 g/mol. The maximum atomic E-state index is 12.0. The summed E-state index contributed by atoms with van der Waals surface area (Å²) < 4.78 is 10.8. The van der Waals surface area contributed by atoms with Gasteiger partial charge in [0, 0.05) is 17.6 Å². The van der Waals surface area contributed by atoms with Crippen molar-refractivity contribution in [1.82, 2.24) is 20.2 Å². The number of anilines is 2. The van der Waals surface area contributed by atoms with Crippen LogP contribution in [0.1, 0.15) is 30.5 Å². The van der Waals surface area contributed by atoms with Gasteiger partial charge in [-0.1, -0.05) is 19.9 Å². The molecule has 0 bridgehead atoms. The Labute approximate surface area is 186 Å². The standard InChI is InChI=1S/C20H27N5O3S2/c1-12(2)17(18(26)27-4)24-20(29)25-8-9-28-15(11-25)14-6-5-7-16(22-14)23-19-21-10-13(3)30-19/h5-7,10,12,15,17H,8-9,11H2,1-4H3,(H,24,29)(H,21,22,23). The molecular weight excluding hydrogens is 422 g/mol. The van der Waals surface area contributed by atoms with Crippen LogP contribution in [-0.2, 0) is 14.3 Å². The third kappa shape index (κ3) is 5.65. The van der Waals surface area contributed by atoms with E-state index in [1.165, 1.54) is 7.11 Å². The number of aromatic nitrogens is 2. The minimum absolute atomic E-state index is 0.0474. The lowest BCUT2D eigenvalue weighted by atomic mass is 10.1. The van der Waals surface area contributed by atoms with E-state index in [-0.39, 0.29) is 18.0 Å². The third-order valence-corrected chi connectivity index (χ3v) is 5.92. The van der Waals surface area contributed by atoms with Gasteiger partial charge >= 0.3 is 5.97 Å². The summed E-state index contributed by atoms with van der Waals surface area (Å²) in [5.41, 5.74) is 0.814. The van der Waals surface area contributed by atoms with E-state index < -0.39 is 6.04 Å². The molecule has 0 aliphatic carbocycles.